The molecular weight excluding hydrogens is 362 g/mol. The Hall–Kier alpha value is -3.94. The summed E-state index contributed by atoms with van der Waals surface area (Å²) in [6.07, 6.45) is 1.57. The molecule has 2 aliphatic rings. The van der Waals surface area contributed by atoms with Gasteiger partial charge in [-0.1, -0.05) is 0 Å². The average Bonchev–Trinajstić information content (AvgIpc) is 3.36. The molecule has 5 rings (SSSR count). The van der Waals surface area contributed by atoms with Crippen LogP contribution in [0, 0.1) is 0 Å². The van der Waals surface area contributed by atoms with Gasteiger partial charge in [-0.25, -0.2) is 4.98 Å². The number of benzene rings is 2. The predicted molar refractivity (Wildman–Crippen MR) is 101 cm³/mol. The molecule has 140 valence electrons. The molecule has 1 aromatic heterocycles. The summed E-state index contributed by atoms with van der Waals surface area (Å²) < 4.78 is 21.3. The fourth-order valence-corrected chi connectivity index (χ4v) is 2.94. The van der Waals surface area contributed by atoms with E-state index >= 15 is 0 Å². The number of hydrogen-bond acceptors (Lipinski definition) is 7. The maximum atomic E-state index is 12.6. The maximum Gasteiger partial charge on any atom is 0.255 e. The Labute approximate surface area is 160 Å². The van der Waals surface area contributed by atoms with Crippen molar-refractivity contribution in [2.75, 3.05) is 24.2 Å². The Morgan fingerprint density at radius 1 is 0.786 bits per heavy atom. The second-order valence-corrected chi connectivity index (χ2v) is 6.14. The Morgan fingerprint density at radius 2 is 1.43 bits per heavy atom. The number of fused-ring (bicyclic) bond motifs is 2. The summed E-state index contributed by atoms with van der Waals surface area (Å²) in [7, 11) is 0. The molecule has 0 fully saturated rings. The van der Waals surface area contributed by atoms with Crippen LogP contribution in [-0.4, -0.2) is 24.5 Å². The van der Waals surface area contributed by atoms with Crippen molar-refractivity contribution in [1.82, 2.24) is 4.98 Å². The van der Waals surface area contributed by atoms with E-state index in [1.165, 1.54) is 0 Å². The zero-order valence-corrected chi connectivity index (χ0v) is 14.6. The van der Waals surface area contributed by atoms with E-state index in [0.717, 1.165) is 5.69 Å². The van der Waals surface area contributed by atoms with Gasteiger partial charge in [0.2, 0.25) is 13.6 Å². The SMILES string of the molecule is O=C(Nc1ccc2c(c1)OCO2)c1ccnc(Nc2ccc3c(c2)OCO3)c1. The molecule has 2 aromatic carbocycles. The van der Waals surface area contributed by atoms with Gasteiger partial charge < -0.3 is 29.6 Å². The predicted octanol–water partition coefficient (Wildman–Crippen LogP) is 3.53. The van der Waals surface area contributed by atoms with E-state index in [0.29, 0.717) is 40.1 Å². The first-order valence-corrected chi connectivity index (χ1v) is 8.58. The highest BCUT2D eigenvalue weighted by Crippen LogP contribution is 2.35. The zero-order valence-electron chi connectivity index (χ0n) is 14.6. The summed E-state index contributed by atoms with van der Waals surface area (Å²) in [5.74, 6) is 2.93. The van der Waals surface area contributed by atoms with Crippen LogP contribution in [0.4, 0.5) is 17.2 Å². The number of aromatic nitrogens is 1. The van der Waals surface area contributed by atoms with Crippen molar-refractivity contribution < 1.29 is 23.7 Å². The van der Waals surface area contributed by atoms with E-state index < -0.39 is 0 Å². The van der Waals surface area contributed by atoms with Gasteiger partial charge in [0.1, 0.15) is 5.82 Å². The van der Waals surface area contributed by atoms with Crippen LogP contribution >= 0.6 is 0 Å². The summed E-state index contributed by atoms with van der Waals surface area (Å²) in [4.78, 5) is 16.9. The molecule has 0 bridgehead atoms. The zero-order chi connectivity index (χ0) is 18.9. The first-order chi connectivity index (χ1) is 13.7. The third-order valence-corrected chi connectivity index (χ3v) is 4.30. The molecule has 8 heteroatoms. The molecule has 0 saturated heterocycles. The van der Waals surface area contributed by atoms with E-state index in [1.807, 2.05) is 18.2 Å². The molecule has 0 aliphatic carbocycles. The minimum absolute atomic E-state index is 0.186. The van der Waals surface area contributed by atoms with Gasteiger partial charge in [-0.2, -0.15) is 0 Å². The summed E-state index contributed by atoms with van der Waals surface area (Å²) in [6.45, 7) is 0.401. The highest BCUT2D eigenvalue weighted by Gasteiger charge is 2.16. The molecule has 2 aliphatic heterocycles. The topological polar surface area (TPSA) is 90.9 Å². The lowest BCUT2D eigenvalue weighted by molar-refractivity contribution is 0.102. The number of carbonyl (C=O) groups excluding carboxylic acids is 1. The van der Waals surface area contributed by atoms with Gasteiger partial charge in [-0.05, 0) is 36.4 Å². The molecule has 0 saturated carbocycles. The van der Waals surface area contributed by atoms with Gasteiger partial charge in [-0.3, -0.25) is 4.79 Å². The summed E-state index contributed by atoms with van der Waals surface area (Å²) >= 11 is 0. The van der Waals surface area contributed by atoms with Gasteiger partial charge in [0.25, 0.3) is 5.91 Å². The Bertz CT molecular complexity index is 1070. The van der Waals surface area contributed by atoms with Gasteiger partial charge in [-0.15, -0.1) is 0 Å². The van der Waals surface area contributed by atoms with Crippen molar-refractivity contribution in [2.45, 2.75) is 0 Å². The standard InChI is InChI=1S/C20H15N3O5/c24-20(23-14-2-4-16-18(9-14)28-11-26-16)12-5-6-21-19(7-12)22-13-1-3-15-17(8-13)27-10-25-15/h1-9H,10-11H2,(H,21,22)(H,23,24). The molecule has 2 N–H and O–H groups in total. The number of rotatable bonds is 4. The highest BCUT2D eigenvalue weighted by molar-refractivity contribution is 6.04. The van der Waals surface area contributed by atoms with E-state index in [1.54, 1.807) is 36.5 Å². The van der Waals surface area contributed by atoms with E-state index in [4.69, 9.17) is 18.9 Å². The molecule has 3 aromatic rings. The molecular formula is C20H15N3O5. The molecule has 1 amide bonds. The Balaban J connectivity index is 1.31. The first kappa shape index (κ1) is 16.2. The number of nitrogens with one attached hydrogen (secondary N) is 2. The van der Waals surface area contributed by atoms with Crippen molar-refractivity contribution in [3.8, 4) is 23.0 Å². The van der Waals surface area contributed by atoms with Crippen LogP contribution in [-0.2, 0) is 0 Å². The lowest BCUT2D eigenvalue weighted by atomic mass is 10.2. The third-order valence-electron chi connectivity index (χ3n) is 4.30. The molecule has 28 heavy (non-hydrogen) atoms. The van der Waals surface area contributed by atoms with Crippen molar-refractivity contribution in [3.63, 3.8) is 0 Å². The molecule has 8 nitrogen and oxygen atoms in total. The molecule has 0 atom stereocenters. The number of hydrogen-bond donors (Lipinski definition) is 2. The summed E-state index contributed by atoms with van der Waals surface area (Å²) in [6, 6.07) is 14.1. The lowest BCUT2D eigenvalue weighted by Crippen LogP contribution is -2.12. The van der Waals surface area contributed by atoms with Gasteiger partial charge in [0.15, 0.2) is 23.0 Å². The number of ether oxygens (including phenoxy) is 4. The van der Waals surface area contributed by atoms with Gasteiger partial charge in [0.05, 0.1) is 0 Å². The average molecular weight is 377 g/mol. The fraction of sp³-hybridized carbons (Fsp3) is 0.100. The van der Waals surface area contributed by atoms with Gasteiger partial charge in [0, 0.05) is 35.3 Å². The first-order valence-electron chi connectivity index (χ1n) is 8.58. The lowest BCUT2D eigenvalue weighted by Gasteiger charge is -2.09. The molecule has 0 spiro atoms. The normalized spacial score (nSPS) is 13.3. The molecule has 3 heterocycles. The van der Waals surface area contributed by atoms with E-state index in [9.17, 15) is 4.79 Å². The van der Waals surface area contributed by atoms with Crippen LogP contribution in [0.25, 0.3) is 0 Å². The second-order valence-electron chi connectivity index (χ2n) is 6.14. The summed E-state index contributed by atoms with van der Waals surface area (Å²) in [5, 5.41) is 6.01. The third kappa shape index (κ3) is 3.11. The maximum absolute atomic E-state index is 12.6. The number of anilines is 3. The van der Waals surface area contributed by atoms with Crippen LogP contribution in [0.3, 0.4) is 0 Å². The van der Waals surface area contributed by atoms with Crippen molar-refractivity contribution in [2.24, 2.45) is 0 Å². The van der Waals surface area contributed by atoms with Crippen LogP contribution in [0.1, 0.15) is 10.4 Å². The Morgan fingerprint density at radius 3 is 2.18 bits per heavy atom. The van der Waals surface area contributed by atoms with E-state index in [-0.39, 0.29) is 19.5 Å². The van der Waals surface area contributed by atoms with Crippen LogP contribution in [0.15, 0.2) is 54.7 Å². The minimum Gasteiger partial charge on any atom is -0.454 e. The Kier molecular flexibility index (Phi) is 3.86. The number of amides is 1. The van der Waals surface area contributed by atoms with Crippen molar-refractivity contribution in [3.05, 3.63) is 60.3 Å². The molecule has 0 radical (unpaired) electrons. The smallest absolute Gasteiger partial charge is 0.255 e. The summed E-state index contributed by atoms with van der Waals surface area (Å²) in [5.41, 5.74) is 1.87. The molecule has 0 unspecified atom stereocenters. The fourth-order valence-electron chi connectivity index (χ4n) is 2.94. The van der Waals surface area contributed by atoms with Crippen LogP contribution in [0.2, 0.25) is 0 Å². The van der Waals surface area contributed by atoms with E-state index in [2.05, 4.69) is 15.6 Å². The number of nitrogens with zero attached hydrogens (tertiary/aromatic N) is 1. The second kappa shape index (κ2) is 6.66. The number of carbonyl (C=O) groups is 1. The van der Waals surface area contributed by atoms with Crippen LogP contribution < -0.4 is 29.6 Å². The van der Waals surface area contributed by atoms with Crippen molar-refractivity contribution >= 4 is 23.1 Å². The largest absolute Gasteiger partial charge is 0.454 e. The minimum atomic E-state index is -0.255. The highest BCUT2D eigenvalue weighted by atomic mass is 16.7. The number of pyridine rings is 1. The van der Waals surface area contributed by atoms with Crippen molar-refractivity contribution in [1.29, 1.82) is 0 Å². The quantitative estimate of drug-likeness (QED) is 0.719. The van der Waals surface area contributed by atoms with Crippen LogP contribution in [0.5, 0.6) is 23.0 Å². The van der Waals surface area contributed by atoms with Gasteiger partial charge >= 0.3 is 0 Å². The monoisotopic (exact) mass is 377 g/mol.